The maximum atomic E-state index is 12.7. The molecule has 1 aliphatic rings. The van der Waals surface area contributed by atoms with Gasteiger partial charge in [-0.1, -0.05) is 36.2 Å². The number of aryl methyl sites for hydroxylation is 1. The zero-order chi connectivity index (χ0) is 22.4. The van der Waals surface area contributed by atoms with Crippen LogP contribution in [-0.2, 0) is 16.0 Å². The fraction of sp³-hybridized carbons (Fsp3) is 0.458. The molecule has 3 rings (SSSR count). The number of esters is 1. The Labute approximate surface area is 182 Å². The van der Waals surface area contributed by atoms with Gasteiger partial charge >= 0.3 is 5.97 Å². The molecule has 7 nitrogen and oxygen atoms in total. The second-order valence-corrected chi connectivity index (χ2v) is 8.21. The first-order valence-corrected chi connectivity index (χ1v) is 10.7. The summed E-state index contributed by atoms with van der Waals surface area (Å²) in [7, 11) is 1.39. The van der Waals surface area contributed by atoms with E-state index >= 15 is 0 Å². The van der Waals surface area contributed by atoms with Crippen LogP contribution in [0.3, 0.4) is 0 Å². The Morgan fingerprint density at radius 1 is 1.26 bits per heavy atom. The Balaban J connectivity index is 1.66. The van der Waals surface area contributed by atoms with Crippen molar-refractivity contribution in [2.24, 2.45) is 5.92 Å². The molecule has 0 bridgehead atoms. The van der Waals surface area contributed by atoms with E-state index in [0.717, 1.165) is 25.7 Å². The van der Waals surface area contributed by atoms with Crippen molar-refractivity contribution in [3.63, 3.8) is 0 Å². The summed E-state index contributed by atoms with van der Waals surface area (Å²) in [6.45, 7) is 3.96. The van der Waals surface area contributed by atoms with Crippen LogP contribution in [-0.4, -0.2) is 41.2 Å². The van der Waals surface area contributed by atoms with Gasteiger partial charge in [0.05, 0.1) is 13.2 Å². The summed E-state index contributed by atoms with van der Waals surface area (Å²) in [6, 6.07) is 9.18. The molecule has 0 unspecified atom stereocenters. The van der Waals surface area contributed by atoms with Crippen LogP contribution in [0.15, 0.2) is 36.5 Å². The number of cyclic esters (lactones) is 1. The topological polar surface area (TPSA) is 97.8 Å². The lowest BCUT2D eigenvalue weighted by molar-refractivity contribution is -0.151. The fourth-order valence-corrected chi connectivity index (χ4v) is 4.01. The number of nitrogens with zero attached hydrogens (tertiary/aromatic N) is 1. The lowest BCUT2D eigenvalue weighted by atomic mass is 9.89. The lowest BCUT2D eigenvalue weighted by Crippen LogP contribution is -2.42. The third kappa shape index (κ3) is 5.96. The van der Waals surface area contributed by atoms with E-state index in [0.29, 0.717) is 12.3 Å². The van der Waals surface area contributed by atoms with Crippen LogP contribution in [0.25, 0.3) is 0 Å². The number of carbonyl (C=O) groups is 2. The van der Waals surface area contributed by atoms with Crippen molar-refractivity contribution in [3.05, 3.63) is 53.3 Å². The maximum Gasteiger partial charge on any atom is 0.328 e. The normalized spacial score (nSPS) is 21.9. The molecule has 1 aliphatic heterocycles. The van der Waals surface area contributed by atoms with Gasteiger partial charge in [0.1, 0.15) is 6.04 Å². The molecule has 1 fully saturated rings. The summed E-state index contributed by atoms with van der Waals surface area (Å²) < 4.78 is 10.6. The molecule has 2 N–H and O–H groups in total. The van der Waals surface area contributed by atoms with Gasteiger partial charge in [-0.2, -0.15) is 0 Å². The van der Waals surface area contributed by atoms with Crippen molar-refractivity contribution in [1.82, 2.24) is 10.3 Å². The minimum Gasteiger partial charge on any atom is -0.503 e. The number of nitrogens with one attached hydrogen (secondary N) is 1. The Bertz CT molecular complexity index is 913. The van der Waals surface area contributed by atoms with E-state index in [1.54, 1.807) is 0 Å². The molecule has 3 atom stereocenters. The average molecular weight is 427 g/mol. The van der Waals surface area contributed by atoms with Gasteiger partial charge in [0.15, 0.2) is 17.2 Å². The molecule has 0 aliphatic carbocycles. The van der Waals surface area contributed by atoms with E-state index in [1.807, 2.05) is 6.92 Å². The van der Waals surface area contributed by atoms with Gasteiger partial charge in [0.25, 0.3) is 5.91 Å². The van der Waals surface area contributed by atoms with Crippen molar-refractivity contribution in [2.75, 3.05) is 7.11 Å². The van der Waals surface area contributed by atoms with E-state index in [9.17, 15) is 14.7 Å². The SMILES string of the molecule is COc1ccnc(C(=O)N[C@H]2CCC[C@H](Cc3ccc(C)cc3)C[C@H](C)OC2=O)c1O. The number of carbonyl (C=O) groups excluding carboxylic acids is 2. The van der Waals surface area contributed by atoms with Crippen molar-refractivity contribution in [2.45, 2.75) is 58.1 Å². The molecular weight excluding hydrogens is 396 g/mol. The molecular formula is C24H30N2O5. The molecule has 7 heteroatoms. The van der Waals surface area contributed by atoms with Gasteiger partial charge < -0.3 is 19.9 Å². The summed E-state index contributed by atoms with van der Waals surface area (Å²) in [5.41, 5.74) is 2.32. The first-order valence-electron chi connectivity index (χ1n) is 10.7. The first kappa shape index (κ1) is 22.6. The van der Waals surface area contributed by atoms with Crippen LogP contribution in [0, 0.1) is 12.8 Å². The van der Waals surface area contributed by atoms with Crippen LogP contribution in [0.5, 0.6) is 11.5 Å². The number of ether oxygens (including phenoxy) is 2. The van der Waals surface area contributed by atoms with E-state index < -0.39 is 17.9 Å². The second kappa shape index (κ2) is 10.3. The average Bonchev–Trinajstić information content (AvgIpc) is 2.79. The largest absolute Gasteiger partial charge is 0.503 e. The number of hydrogen-bond donors (Lipinski definition) is 2. The molecule has 1 aromatic heterocycles. The van der Waals surface area contributed by atoms with Crippen LogP contribution >= 0.6 is 0 Å². The lowest BCUT2D eigenvalue weighted by Gasteiger charge is -2.20. The van der Waals surface area contributed by atoms with Gasteiger partial charge in [-0.05, 0) is 51.0 Å². The number of methoxy groups -OCH3 is 1. The Kier molecular flexibility index (Phi) is 7.50. The fourth-order valence-electron chi connectivity index (χ4n) is 4.01. The van der Waals surface area contributed by atoms with Gasteiger partial charge in [-0.3, -0.25) is 4.79 Å². The van der Waals surface area contributed by atoms with E-state index in [4.69, 9.17) is 9.47 Å². The van der Waals surface area contributed by atoms with Gasteiger partial charge in [-0.25, -0.2) is 9.78 Å². The smallest absolute Gasteiger partial charge is 0.328 e. The third-order valence-corrected chi connectivity index (χ3v) is 5.64. The van der Waals surface area contributed by atoms with Gasteiger partial charge in [-0.15, -0.1) is 0 Å². The number of hydrogen-bond acceptors (Lipinski definition) is 6. The molecule has 0 radical (unpaired) electrons. The number of rotatable bonds is 5. The van der Waals surface area contributed by atoms with Crippen LogP contribution in [0.4, 0.5) is 0 Å². The summed E-state index contributed by atoms with van der Waals surface area (Å²) in [5, 5.41) is 12.8. The van der Waals surface area contributed by atoms with Crippen molar-refractivity contribution < 1.29 is 24.2 Å². The molecule has 31 heavy (non-hydrogen) atoms. The van der Waals surface area contributed by atoms with Crippen molar-refractivity contribution in [1.29, 1.82) is 0 Å². The zero-order valence-electron chi connectivity index (χ0n) is 18.3. The summed E-state index contributed by atoms with van der Waals surface area (Å²) in [5.74, 6) is -0.917. The number of aromatic nitrogens is 1. The van der Waals surface area contributed by atoms with E-state index in [2.05, 4.69) is 41.5 Å². The molecule has 1 aromatic carbocycles. The molecule has 0 saturated carbocycles. The summed E-state index contributed by atoms with van der Waals surface area (Å²) >= 11 is 0. The maximum absolute atomic E-state index is 12.7. The highest BCUT2D eigenvalue weighted by atomic mass is 16.5. The molecule has 0 spiro atoms. The molecule has 1 amide bonds. The van der Waals surface area contributed by atoms with Crippen molar-refractivity contribution in [3.8, 4) is 11.5 Å². The molecule has 166 valence electrons. The highest BCUT2D eigenvalue weighted by molar-refractivity contribution is 5.97. The minimum absolute atomic E-state index is 0.143. The van der Waals surface area contributed by atoms with E-state index in [-0.39, 0.29) is 23.3 Å². The molecule has 2 aromatic rings. The summed E-state index contributed by atoms with van der Waals surface area (Å²) in [4.78, 5) is 29.2. The highest BCUT2D eigenvalue weighted by Crippen LogP contribution is 2.28. The van der Waals surface area contributed by atoms with Gasteiger partial charge in [0, 0.05) is 12.3 Å². The number of aromatic hydroxyl groups is 1. The predicted octanol–water partition coefficient (Wildman–Crippen LogP) is 3.57. The molecule has 2 heterocycles. The number of benzene rings is 1. The van der Waals surface area contributed by atoms with Crippen LogP contribution in [0.2, 0.25) is 0 Å². The Morgan fingerprint density at radius 2 is 2.00 bits per heavy atom. The monoisotopic (exact) mass is 426 g/mol. The van der Waals surface area contributed by atoms with Crippen molar-refractivity contribution >= 4 is 11.9 Å². The van der Waals surface area contributed by atoms with Gasteiger partial charge in [0.2, 0.25) is 0 Å². The molecule has 1 saturated heterocycles. The summed E-state index contributed by atoms with van der Waals surface area (Å²) in [6.07, 6.45) is 5.01. The Hall–Kier alpha value is -3.09. The predicted molar refractivity (Wildman–Crippen MR) is 116 cm³/mol. The standard InChI is InChI=1S/C24H30N2O5/c1-15-7-9-17(10-8-15)14-18-5-4-6-19(24(29)31-16(2)13-18)26-23(28)21-22(27)20(30-3)11-12-25-21/h7-12,16,18-19,27H,4-6,13-14H2,1-3H3,(H,26,28)/t16-,18-,19-/m0/s1. The highest BCUT2D eigenvalue weighted by Gasteiger charge is 2.29. The minimum atomic E-state index is -0.791. The van der Waals surface area contributed by atoms with E-state index in [1.165, 1.54) is 30.5 Å². The number of pyridine rings is 1. The van der Waals surface area contributed by atoms with Crippen LogP contribution in [0.1, 0.15) is 54.2 Å². The third-order valence-electron chi connectivity index (χ3n) is 5.64. The Morgan fingerprint density at radius 3 is 2.71 bits per heavy atom. The second-order valence-electron chi connectivity index (χ2n) is 8.21. The zero-order valence-corrected chi connectivity index (χ0v) is 18.3. The van der Waals surface area contributed by atoms with Crippen LogP contribution < -0.4 is 10.1 Å². The first-order chi connectivity index (χ1) is 14.9. The quantitative estimate of drug-likeness (QED) is 0.710. The number of amides is 1.